The van der Waals surface area contributed by atoms with Gasteiger partial charge in [-0.2, -0.15) is 0 Å². The lowest BCUT2D eigenvalue weighted by molar-refractivity contribution is -0.113. The number of azide groups is 1. The minimum Gasteiger partial charge on any atom is -0.300 e. The van der Waals surface area contributed by atoms with Gasteiger partial charge in [0.05, 0.1) is 0 Å². The van der Waals surface area contributed by atoms with E-state index in [-0.39, 0.29) is 5.78 Å². The van der Waals surface area contributed by atoms with Gasteiger partial charge in [-0.05, 0) is 12.5 Å². The summed E-state index contributed by atoms with van der Waals surface area (Å²) < 4.78 is 0. The molecule has 7 heavy (non-hydrogen) atoms. The molecule has 0 aromatic carbocycles. The van der Waals surface area contributed by atoms with Crippen LogP contribution >= 0.6 is 0 Å². The first-order valence-electron chi connectivity index (χ1n) is 1.65. The van der Waals surface area contributed by atoms with Crippen LogP contribution in [0.4, 0.5) is 0 Å². The van der Waals surface area contributed by atoms with Crippen LogP contribution in [-0.2, 0) is 4.79 Å². The first-order chi connectivity index (χ1) is 3.27. The van der Waals surface area contributed by atoms with Crippen LogP contribution in [0.15, 0.2) is 5.11 Å². The van der Waals surface area contributed by atoms with Gasteiger partial charge in [0.15, 0.2) is 0 Å². The van der Waals surface area contributed by atoms with Crippen molar-refractivity contribution in [3.05, 3.63) is 17.0 Å². The number of rotatable bonds is 2. The number of ketones is 1. The molecule has 0 unspecified atom stereocenters. The predicted octanol–water partition coefficient (Wildman–Crippen LogP) is 1.05. The van der Waals surface area contributed by atoms with Crippen molar-refractivity contribution in [1.29, 1.82) is 0 Å². The van der Waals surface area contributed by atoms with E-state index in [2.05, 4.69) is 10.0 Å². The molecule has 37 valence electrons. The summed E-state index contributed by atoms with van der Waals surface area (Å²) in [6.45, 7) is 2.23. The van der Waals surface area contributed by atoms with E-state index < -0.39 is 0 Å². The molecule has 1 radical (unpaired) electrons. The second-order valence-electron chi connectivity index (χ2n) is 0.945. The molecule has 0 aliphatic heterocycles. The zero-order chi connectivity index (χ0) is 5.70. The molecule has 0 heterocycles. The van der Waals surface area contributed by atoms with Crippen LogP contribution < -0.4 is 0 Å². The highest BCUT2D eigenvalue weighted by Gasteiger charge is 1.83. The lowest BCUT2D eigenvalue weighted by Gasteiger charge is -1.73. The van der Waals surface area contributed by atoms with Gasteiger partial charge < -0.3 is 0 Å². The molecular formula is C3H4N3O. The normalized spacial score (nSPS) is 7.00. The minimum absolute atomic E-state index is 0.238. The zero-order valence-electron chi connectivity index (χ0n) is 3.83. The number of hydrogen-bond donors (Lipinski definition) is 0. The fourth-order valence-electron chi connectivity index (χ4n) is 0.107. The van der Waals surface area contributed by atoms with Crippen molar-refractivity contribution < 1.29 is 4.79 Å². The maximum Gasteiger partial charge on any atom is 0.139 e. The van der Waals surface area contributed by atoms with Crippen LogP contribution in [0.3, 0.4) is 0 Å². The summed E-state index contributed by atoms with van der Waals surface area (Å²) in [6.07, 6.45) is 0. The van der Waals surface area contributed by atoms with E-state index in [4.69, 9.17) is 5.53 Å². The third-order valence-corrected chi connectivity index (χ3v) is 0.291. The van der Waals surface area contributed by atoms with Crippen LogP contribution in [0.1, 0.15) is 6.92 Å². The van der Waals surface area contributed by atoms with Crippen molar-refractivity contribution >= 4 is 5.78 Å². The smallest absolute Gasteiger partial charge is 0.139 e. The van der Waals surface area contributed by atoms with Crippen LogP contribution in [-0.4, -0.2) is 5.78 Å². The molecule has 0 aromatic heterocycles. The molecule has 4 heteroatoms. The van der Waals surface area contributed by atoms with E-state index in [9.17, 15) is 4.79 Å². The molecule has 0 N–H and O–H groups in total. The zero-order valence-corrected chi connectivity index (χ0v) is 3.83. The van der Waals surface area contributed by atoms with Crippen molar-refractivity contribution in [2.24, 2.45) is 5.11 Å². The van der Waals surface area contributed by atoms with Crippen molar-refractivity contribution in [2.75, 3.05) is 0 Å². The third-order valence-electron chi connectivity index (χ3n) is 0.291. The second-order valence-corrected chi connectivity index (χ2v) is 0.945. The first kappa shape index (κ1) is 5.98. The van der Waals surface area contributed by atoms with Gasteiger partial charge >= 0.3 is 0 Å². The van der Waals surface area contributed by atoms with E-state index >= 15 is 0 Å². The maximum absolute atomic E-state index is 9.88. The fourth-order valence-corrected chi connectivity index (χ4v) is 0.107. The van der Waals surface area contributed by atoms with Crippen molar-refractivity contribution in [3.63, 3.8) is 0 Å². The Labute approximate surface area is 40.8 Å². The van der Waals surface area contributed by atoms with Crippen LogP contribution in [0.5, 0.6) is 0 Å². The SMILES string of the molecule is CC(=O)[CH]N=[N+]=[N-]. The topological polar surface area (TPSA) is 65.8 Å². The summed E-state index contributed by atoms with van der Waals surface area (Å²) in [5.74, 6) is -0.238. The number of carbonyl (C=O) groups excluding carboxylic acids is 1. The van der Waals surface area contributed by atoms with Gasteiger partial charge in [-0.25, -0.2) is 0 Å². The summed E-state index contributed by atoms with van der Waals surface area (Å²) in [5.41, 5.74) is 7.59. The van der Waals surface area contributed by atoms with Gasteiger partial charge in [-0.15, -0.1) is 0 Å². The van der Waals surface area contributed by atoms with Gasteiger partial charge in [0.25, 0.3) is 0 Å². The van der Waals surface area contributed by atoms with Gasteiger partial charge in [0, 0.05) is 4.91 Å². The Hall–Kier alpha value is -1.02. The minimum atomic E-state index is -0.238. The molecule has 4 nitrogen and oxygen atoms in total. The predicted molar refractivity (Wildman–Crippen MR) is 24.1 cm³/mol. The molecule has 0 atom stereocenters. The monoisotopic (exact) mass is 98.0 g/mol. The Morgan fingerprint density at radius 3 is 2.71 bits per heavy atom. The largest absolute Gasteiger partial charge is 0.300 e. The average Bonchev–Trinajstić information content (AvgIpc) is 1.61. The van der Waals surface area contributed by atoms with Crippen molar-refractivity contribution in [2.45, 2.75) is 6.92 Å². The summed E-state index contributed by atoms with van der Waals surface area (Å²) in [6, 6.07) is 0. The van der Waals surface area contributed by atoms with Crippen LogP contribution in [0.2, 0.25) is 0 Å². The van der Waals surface area contributed by atoms with Gasteiger partial charge in [-0.1, -0.05) is 5.11 Å². The Morgan fingerprint density at radius 2 is 2.57 bits per heavy atom. The molecule has 0 aromatic rings. The van der Waals surface area contributed by atoms with E-state index in [1.807, 2.05) is 0 Å². The van der Waals surface area contributed by atoms with E-state index in [0.29, 0.717) is 0 Å². The molecule has 0 aliphatic carbocycles. The summed E-state index contributed by atoms with van der Waals surface area (Å²) in [5, 5.41) is 2.88. The highest BCUT2D eigenvalue weighted by atomic mass is 16.1. The molecule has 0 rings (SSSR count). The van der Waals surface area contributed by atoms with Gasteiger partial charge in [0.1, 0.15) is 12.3 Å². The number of hydrogen-bond acceptors (Lipinski definition) is 2. The van der Waals surface area contributed by atoms with E-state index in [0.717, 1.165) is 6.54 Å². The Morgan fingerprint density at radius 1 is 2.00 bits per heavy atom. The molecule has 0 amide bonds. The van der Waals surface area contributed by atoms with Crippen molar-refractivity contribution in [1.82, 2.24) is 0 Å². The Kier molecular flexibility index (Phi) is 2.72. The molecular weight excluding hydrogens is 94.1 g/mol. The first-order valence-corrected chi connectivity index (χ1v) is 1.65. The lowest BCUT2D eigenvalue weighted by atomic mass is 10.5. The highest BCUT2D eigenvalue weighted by molar-refractivity contribution is 5.83. The molecule has 0 bridgehead atoms. The lowest BCUT2D eigenvalue weighted by Crippen LogP contribution is -1.83. The van der Waals surface area contributed by atoms with Crippen LogP contribution in [0, 0.1) is 6.54 Å². The summed E-state index contributed by atoms with van der Waals surface area (Å²) >= 11 is 0. The fraction of sp³-hybridized carbons (Fsp3) is 0.333. The molecule has 0 saturated carbocycles. The quantitative estimate of drug-likeness (QED) is 0.289. The van der Waals surface area contributed by atoms with Gasteiger partial charge in [-0.3, -0.25) is 4.79 Å². The summed E-state index contributed by atoms with van der Waals surface area (Å²) in [7, 11) is 0. The molecule has 0 aliphatic rings. The molecule has 0 saturated heterocycles. The van der Waals surface area contributed by atoms with Crippen molar-refractivity contribution in [3.8, 4) is 0 Å². The van der Waals surface area contributed by atoms with Gasteiger partial charge in [0.2, 0.25) is 0 Å². The highest BCUT2D eigenvalue weighted by Crippen LogP contribution is 1.78. The van der Waals surface area contributed by atoms with Crippen LogP contribution in [0.25, 0.3) is 10.4 Å². The standard InChI is InChI=1S/C3H4N3O/c1-3(7)2-5-6-4/h2H,1H3. The third kappa shape index (κ3) is 4.98. The van der Waals surface area contributed by atoms with E-state index in [1.165, 1.54) is 6.92 Å². The van der Waals surface area contributed by atoms with E-state index in [1.54, 1.807) is 0 Å². The Balaban J connectivity index is 3.32. The Bertz CT molecular complexity index is 113. The number of carbonyl (C=O) groups is 1. The average molecular weight is 98.1 g/mol. The summed E-state index contributed by atoms with van der Waals surface area (Å²) in [4.78, 5) is 12.2. The molecule has 0 fully saturated rings. The molecule has 0 spiro atoms. The second kappa shape index (κ2) is 3.18. The number of nitrogens with zero attached hydrogens (tertiary/aromatic N) is 3. The maximum atomic E-state index is 9.88. The number of Topliss-reactive ketones (excluding diaryl/α,β-unsaturated/α-hetero) is 1.